The number of nitrogens with zero attached hydrogens (tertiary/aromatic N) is 4. The van der Waals surface area contributed by atoms with E-state index in [9.17, 15) is 0 Å². The molecule has 1 aliphatic rings. The minimum Gasteiger partial charge on any atom is -0.356 e. The third-order valence-electron chi connectivity index (χ3n) is 4.42. The number of hydrogen-bond acceptors (Lipinski definition) is 3. The molecule has 0 amide bonds. The Balaban J connectivity index is 1.75. The fourth-order valence-corrected chi connectivity index (χ4v) is 2.94. The monoisotopic (exact) mass is 306 g/mol. The summed E-state index contributed by atoms with van der Waals surface area (Å²) in [4.78, 5) is 6.88. The van der Waals surface area contributed by atoms with Crippen LogP contribution in [-0.2, 0) is 13.6 Å². The molecule has 124 valence electrons. The van der Waals surface area contributed by atoms with Crippen molar-refractivity contribution >= 4 is 5.96 Å². The largest absolute Gasteiger partial charge is 0.356 e. The number of rotatable bonds is 5. The van der Waals surface area contributed by atoms with Crippen LogP contribution in [0.4, 0.5) is 0 Å². The molecular weight excluding hydrogens is 276 g/mol. The lowest BCUT2D eigenvalue weighted by atomic mass is 9.97. The van der Waals surface area contributed by atoms with Crippen molar-refractivity contribution in [3.63, 3.8) is 0 Å². The van der Waals surface area contributed by atoms with Crippen LogP contribution in [0.15, 0.2) is 17.3 Å². The summed E-state index contributed by atoms with van der Waals surface area (Å²) in [5.74, 6) is 1.56. The number of hydrogen-bond donors (Lipinski definition) is 2. The second-order valence-corrected chi connectivity index (χ2v) is 6.35. The molecule has 1 fully saturated rings. The molecule has 6 heteroatoms. The van der Waals surface area contributed by atoms with E-state index in [0.29, 0.717) is 12.0 Å². The van der Waals surface area contributed by atoms with Crippen molar-refractivity contribution in [2.24, 2.45) is 18.0 Å². The summed E-state index contributed by atoms with van der Waals surface area (Å²) in [5, 5.41) is 11.0. The SMILES string of the molecule is CN=C(NCc1ccnn1C)NCC1CCCN(C(C)C)C1. The first-order valence-electron chi connectivity index (χ1n) is 8.25. The molecule has 1 saturated heterocycles. The molecule has 0 radical (unpaired) electrons. The summed E-state index contributed by atoms with van der Waals surface area (Å²) in [6.45, 7) is 8.70. The van der Waals surface area contributed by atoms with Crippen LogP contribution in [0.25, 0.3) is 0 Å². The zero-order chi connectivity index (χ0) is 15.9. The Morgan fingerprint density at radius 1 is 1.45 bits per heavy atom. The van der Waals surface area contributed by atoms with E-state index >= 15 is 0 Å². The molecular formula is C16H30N6. The molecule has 0 aliphatic carbocycles. The van der Waals surface area contributed by atoms with Gasteiger partial charge >= 0.3 is 0 Å². The third-order valence-corrected chi connectivity index (χ3v) is 4.42. The molecule has 6 nitrogen and oxygen atoms in total. The number of aryl methyl sites for hydroxylation is 1. The predicted octanol–water partition coefficient (Wildman–Crippen LogP) is 1.21. The molecule has 0 aromatic carbocycles. The summed E-state index contributed by atoms with van der Waals surface area (Å²) < 4.78 is 1.88. The lowest BCUT2D eigenvalue weighted by Crippen LogP contribution is -2.46. The first-order valence-corrected chi connectivity index (χ1v) is 8.25. The van der Waals surface area contributed by atoms with E-state index in [1.165, 1.54) is 25.9 Å². The van der Waals surface area contributed by atoms with Gasteiger partial charge in [-0.1, -0.05) is 0 Å². The highest BCUT2D eigenvalue weighted by Crippen LogP contribution is 2.17. The topological polar surface area (TPSA) is 57.5 Å². The van der Waals surface area contributed by atoms with E-state index < -0.39 is 0 Å². The number of guanidine groups is 1. The number of likely N-dealkylation sites (tertiary alicyclic amines) is 1. The first-order chi connectivity index (χ1) is 10.6. The van der Waals surface area contributed by atoms with Crippen molar-refractivity contribution in [1.29, 1.82) is 0 Å². The maximum atomic E-state index is 4.31. The molecule has 1 aromatic rings. The second-order valence-electron chi connectivity index (χ2n) is 6.35. The van der Waals surface area contributed by atoms with Crippen molar-refractivity contribution in [3.8, 4) is 0 Å². The second kappa shape index (κ2) is 8.17. The molecule has 1 atom stereocenters. The molecule has 2 rings (SSSR count). The minimum absolute atomic E-state index is 0.644. The van der Waals surface area contributed by atoms with Gasteiger partial charge in [-0.05, 0) is 45.2 Å². The Bertz CT molecular complexity index is 479. The van der Waals surface area contributed by atoms with Crippen molar-refractivity contribution in [1.82, 2.24) is 25.3 Å². The van der Waals surface area contributed by atoms with E-state index in [1.807, 2.05) is 31.0 Å². The maximum Gasteiger partial charge on any atom is 0.191 e. The van der Waals surface area contributed by atoms with Gasteiger partial charge < -0.3 is 15.5 Å². The van der Waals surface area contributed by atoms with E-state index in [4.69, 9.17) is 0 Å². The summed E-state index contributed by atoms with van der Waals surface area (Å²) in [6.07, 6.45) is 4.41. The molecule has 0 saturated carbocycles. The van der Waals surface area contributed by atoms with Gasteiger partial charge in [0.05, 0.1) is 12.2 Å². The Labute approximate surface area is 134 Å². The molecule has 2 N–H and O–H groups in total. The van der Waals surface area contributed by atoms with E-state index in [2.05, 4.69) is 39.5 Å². The molecule has 0 bridgehead atoms. The Morgan fingerprint density at radius 2 is 2.27 bits per heavy atom. The van der Waals surface area contributed by atoms with Gasteiger partial charge in [-0.25, -0.2) is 0 Å². The lowest BCUT2D eigenvalue weighted by molar-refractivity contribution is 0.141. The first kappa shape index (κ1) is 16.8. The summed E-state index contributed by atoms with van der Waals surface area (Å²) in [6, 6.07) is 2.66. The van der Waals surface area contributed by atoms with E-state index in [0.717, 1.165) is 24.7 Å². The van der Waals surface area contributed by atoms with Crippen LogP contribution in [0, 0.1) is 5.92 Å². The van der Waals surface area contributed by atoms with Crippen molar-refractivity contribution in [2.45, 2.75) is 39.3 Å². The number of piperidine rings is 1. The Morgan fingerprint density at radius 3 is 2.91 bits per heavy atom. The summed E-state index contributed by atoms with van der Waals surface area (Å²) in [7, 11) is 3.77. The van der Waals surface area contributed by atoms with Gasteiger partial charge in [-0.2, -0.15) is 5.10 Å². The maximum absolute atomic E-state index is 4.31. The van der Waals surface area contributed by atoms with Crippen molar-refractivity contribution in [2.75, 3.05) is 26.7 Å². The minimum atomic E-state index is 0.644. The van der Waals surface area contributed by atoms with Crippen molar-refractivity contribution < 1.29 is 0 Å². The van der Waals surface area contributed by atoms with Gasteiger partial charge in [-0.3, -0.25) is 9.67 Å². The average molecular weight is 306 g/mol. The fourth-order valence-electron chi connectivity index (χ4n) is 2.94. The van der Waals surface area contributed by atoms with Gasteiger partial charge in [0.2, 0.25) is 0 Å². The Hall–Kier alpha value is -1.56. The summed E-state index contributed by atoms with van der Waals surface area (Å²) in [5.41, 5.74) is 1.14. The molecule has 0 spiro atoms. The van der Waals surface area contributed by atoms with Crippen LogP contribution >= 0.6 is 0 Å². The van der Waals surface area contributed by atoms with E-state index in [-0.39, 0.29) is 0 Å². The average Bonchev–Trinajstić information content (AvgIpc) is 2.93. The van der Waals surface area contributed by atoms with Crippen LogP contribution in [-0.4, -0.2) is 53.4 Å². The number of aromatic nitrogens is 2. The normalized spacial score (nSPS) is 20.4. The predicted molar refractivity (Wildman–Crippen MR) is 90.8 cm³/mol. The van der Waals surface area contributed by atoms with Crippen LogP contribution in [0.5, 0.6) is 0 Å². The van der Waals surface area contributed by atoms with Gasteiger partial charge in [-0.15, -0.1) is 0 Å². The zero-order valence-electron chi connectivity index (χ0n) is 14.3. The van der Waals surface area contributed by atoms with Crippen molar-refractivity contribution in [3.05, 3.63) is 18.0 Å². The molecule has 1 aliphatic heterocycles. The van der Waals surface area contributed by atoms with Crippen LogP contribution in [0.1, 0.15) is 32.4 Å². The molecule has 1 unspecified atom stereocenters. The fraction of sp³-hybridized carbons (Fsp3) is 0.750. The van der Waals surface area contributed by atoms with Crippen LogP contribution in [0.3, 0.4) is 0 Å². The quantitative estimate of drug-likeness (QED) is 0.634. The van der Waals surface area contributed by atoms with Gasteiger partial charge in [0.15, 0.2) is 5.96 Å². The molecule has 1 aromatic heterocycles. The van der Waals surface area contributed by atoms with Gasteiger partial charge in [0, 0.05) is 39.4 Å². The number of nitrogens with one attached hydrogen (secondary N) is 2. The van der Waals surface area contributed by atoms with Gasteiger partial charge in [0.25, 0.3) is 0 Å². The van der Waals surface area contributed by atoms with Crippen LogP contribution in [0.2, 0.25) is 0 Å². The third kappa shape index (κ3) is 4.73. The molecule has 22 heavy (non-hydrogen) atoms. The summed E-state index contributed by atoms with van der Waals surface area (Å²) >= 11 is 0. The highest BCUT2D eigenvalue weighted by atomic mass is 15.3. The highest BCUT2D eigenvalue weighted by molar-refractivity contribution is 5.79. The highest BCUT2D eigenvalue weighted by Gasteiger charge is 2.21. The Kier molecular flexibility index (Phi) is 6.24. The van der Waals surface area contributed by atoms with E-state index in [1.54, 1.807) is 0 Å². The molecule has 2 heterocycles. The lowest BCUT2D eigenvalue weighted by Gasteiger charge is -2.35. The number of aliphatic imine (C=N–C) groups is 1. The zero-order valence-corrected chi connectivity index (χ0v) is 14.3. The van der Waals surface area contributed by atoms with Gasteiger partial charge in [0.1, 0.15) is 0 Å². The standard InChI is InChI=1S/C16H30N6/c1-13(2)22-9-5-6-14(12-22)10-18-16(17-3)19-11-15-7-8-20-21(15)4/h7-8,13-14H,5-6,9-12H2,1-4H3,(H2,17,18,19). The smallest absolute Gasteiger partial charge is 0.191 e. The van der Waals surface area contributed by atoms with Crippen LogP contribution < -0.4 is 10.6 Å².